The van der Waals surface area contributed by atoms with Crippen LogP contribution in [0.2, 0.25) is 0 Å². The van der Waals surface area contributed by atoms with E-state index < -0.39 is 34.5 Å². The number of carbonyl (C=O) groups excluding carboxylic acids is 3. The Bertz CT molecular complexity index is 995. The van der Waals surface area contributed by atoms with Crippen LogP contribution in [0.3, 0.4) is 0 Å². The Labute approximate surface area is 171 Å². The Balaban J connectivity index is 1.41. The maximum atomic E-state index is 12.1. The number of sulfonamides is 1. The van der Waals surface area contributed by atoms with E-state index in [0.29, 0.717) is 13.0 Å². The Morgan fingerprint density at radius 2 is 2.10 bits per heavy atom. The molecule has 1 aromatic heterocycles. The maximum Gasteiger partial charge on any atom is 0.340 e. The minimum absolute atomic E-state index is 0.136. The van der Waals surface area contributed by atoms with Crippen LogP contribution >= 0.6 is 11.3 Å². The molecule has 0 fully saturated rings. The number of esters is 1. The van der Waals surface area contributed by atoms with Crippen LogP contribution in [0.5, 0.6) is 0 Å². The van der Waals surface area contributed by atoms with E-state index in [4.69, 9.17) is 4.74 Å². The second-order valence-electron chi connectivity index (χ2n) is 6.06. The molecule has 0 bridgehead atoms. The van der Waals surface area contributed by atoms with Crippen LogP contribution in [-0.2, 0) is 30.8 Å². The monoisotopic (exact) mass is 438 g/mol. The zero-order valence-corrected chi connectivity index (χ0v) is 16.8. The second kappa shape index (κ2) is 9.01. The van der Waals surface area contributed by atoms with Gasteiger partial charge in [-0.2, -0.15) is 0 Å². The molecule has 3 rings (SSSR count). The quantitative estimate of drug-likeness (QED) is 0.604. The third kappa shape index (κ3) is 5.99. The number of nitrogens with one attached hydrogen (secondary N) is 2. The molecule has 0 saturated heterocycles. The third-order valence-electron chi connectivity index (χ3n) is 3.88. The van der Waals surface area contributed by atoms with Gasteiger partial charge in [0.25, 0.3) is 15.9 Å². The molecule has 0 unspecified atom stereocenters. The fraction of sp³-hybridized carbons (Fsp3) is 0.294. The van der Waals surface area contributed by atoms with E-state index in [9.17, 15) is 22.8 Å². The van der Waals surface area contributed by atoms with Gasteiger partial charge < -0.3 is 15.0 Å². The van der Waals surface area contributed by atoms with Crippen molar-refractivity contribution in [2.24, 2.45) is 4.40 Å². The van der Waals surface area contributed by atoms with Gasteiger partial charge in [-0.1, -0.05) is 6.07 Å². The van der Waals surface area contributed by atoms with Crippen molar-refractivity contribution in [3.05, 3.63) is 46.3 Å². The lowest BCUT2D eigenvalue weighted by Crippen LogP contribution is -2.42. The molecule has 0 atom stereocenters. The van der Waals surface area contributed by atoms with E-state index in [1.165, 1.54) is 23.3 Å². The lowest BCUT2D eigenvalue weighted by Gasteiger charge is -2.26. The first-order valence-corrected chi connectivity index (χ1v) is 11.1. The predicted octanol–water partition coefficient (Wildman–Crippen LogP) is 0.157. The minimum atomic E-state index is -3.48. The summed E-state index contributed by atoms with van der Waals surface area (Å²) in [5.41, 5.74) is 0.136. The summed E-state index contributed by atoms with van der Waals surface area (Å²) in [6.45, 7) is -0.0986. The van der Waals surface area contributed by atoms with Crippen LogP contribution in [-0.4, -0.2) is 62.5 Å². The molecular formula is C17H18N4O6S2. The van der Waals surface area contributed by atoms with Crippen LogP contribution in [0.25, 0.3) is 0 Å². The molecular weight excluding hydrogens is 420 g/mol. The number of rotatable bonds is 6. The van der Waals surface area contributed by atoms with Crippen molar-refractivity contribution in [1.29, 1.82) is 0 Å². The van der Waals surface area contributed by atoms with Crippen LogP contribution in [0, 0.1) is 0 Å². The number of amidine groups is 1. The average molecular weight is 438 g/mol. The molecule has 2 aliphatic heterocycles. The largest absolute Gasteiger partial charge is 0.452 e. The van der Waals surface area contributed by atoms with E-state index in [2.05, 4.69) is 15.0 Å². The third-order valence-corrected chi connectivity index (χ3v) is 5.98. The highest BCUT2D eigenvalue weighted by molar-refractivity contribution is 7.90. The SMILES string of the molecule is O=C(COC(=O)C1=CN2CCS(=O)(=O)N=C2C=C1)NC(=O)NCCc1cccs1. The van der Waals surface area contributed by atoms with Crippen molar-refractivity contribution in [3.8, 4) is 0 Å². The lowest BCUT2D eigenvalue weighted by molar-refractivity contribution is -0.144. The van der Waals surface area contributed by atoms with Gasteiger partial charge in [0.2, 0.25) is 0 Å². The molecule has 12 heteroatoms. The number of amides is 3. The van der Waals surface area contributed by atoms with Gasteiger partial charge in [0.05, 0.1) is 11.3 Å². The first-order chi connectivity index (χ1) is 13.8. The van der Waals surface area contributed by atoms with Crippen LogP contribution in [0.4, 0.5) is 4.79 Å². The molecule has 2 N–H and O–H groups in total. The summed E-state index contributed by atoms with van der Waals surface area (Å²) in [6, 6.07) is 3.19. The van der Waals surface area contributed by atoms with Crippen molar-refractivity contribution < 1.29 is 27.5 Å². The van der Waals surface area contributed by atoms with Gasteiger partial charge in [-0.25, -0.2) is 18.0 Å². The smallest absolute Gasteiger partial charge is 0.340 e. The molecule has 10 nitrogen and oxygen atoms in total. The van der Waals surface area contributed by atoms with Gasteiger partial charge in [-0.15, -0.1) is 15.7 Å². The Morgan fingerprint density at radius 1 is 1.28 bits per heavy atom. The Hall–Kier alpha value is -2.99. The number of imide groups is 1. The minimum Gasteiger partial charge on any atom is -0.452 e. The van der Waals surface area contributed by atoms with Gasteiger partial charge >= 0.3 is 12.0 Å². The van der Waals surface area contributed by atoms with Gasteiger partial charge in [-0.05, 0) is 30.0 Å². The lowest BCUT2D eigenvalue weighted by atomic mass is 10.2. The summed E-state index contributed by atoms with van der Waals surface area (Å²) < 4.78 is 31.4. The van der Waals surface area contributed by atoms with Crippen LogP contribution in [0.1, 0.15) is 4.88 Å². The Morgan fingerprint density at radius 3 is 2.86 bits per heavy atom. The topological polar surface area (TPSA) is 134 Å². The maximum absolute atomic E-state index is 12.1. The van der Waals surface area contributed by atoms with Crippen molar-refractivity contribution in [2.45, 2.75) is 6.42 Å². The highest BCUT2D eigenvalue weighted by Crippen LogP contribution is 2.16. The fourth-order valence-electron chi connectivity index (χ4n) is 2.50. The molecule has 0 aliphatic carbocycles. The van der Waals surface area contributed by atoms with Gasteiger partial charge in [-0.3, -0.25) is 10.1 Å². The average Bonchev–Trinajstić information content (AvgIpc) is 3.18. The summed E-state index contributed by atoms with van der Waals surface area (Å²) in [4.78, 5) is 38.1. The summed E-state index contributed by atoms with van der Waals surface area (Å²) in [7, 11) is -3.48. The highest BCUT2D eigenvalue weighted by Gasteiger charge is 2.25. The molecule has 0 spiro atoms. The molecule has 3 amide bonds. The van der Waals surface area contributed by atoms with Gasteiger partial charge in [0.1, 0.15) is 5.84 Å². The summed E-state index contributed by atoms with van der Waals surface area (Å²) >= 11 is 1.57. The van der Waals surface area contributed by atoms with E-state index in [1.54, 1.807) is 11.3 Å². The Kier molecular flexibility index (Phi) is 6.44. The highest BCUT2D eigenvalue weighted by atomic mass is 32.2. The number of fused-ring (bicyclic) bond motifs is 1. The van der Waals surface area contributed by atoms with E-state index >= 15 is 0 Å². The second-order valence-corrected chi connectivity index (χ2v) is 8.84. The predicted molar refractivity (Wildman–Crippen MR) is 106 cm³/mol. The van der Waals surface area contributed by atoms with Crippen molar-refractivity contribution in [1.82, 2.24) is 15.5 Å². The van der Waals surface area contributed by atoms with Gasteiger partial charge in [0.15, 0.2) is 6.61 Å². The first kappa shape index (κ1) is 20.7. The van der Waals surface area contributed by atoms with Crippen molar-refractivity contribution in [2.75, 3.05) is 25.4 Å². The van der Waals surface area contributed by atoms with Crippen LogP contribution < -0.4 is 10.6 Å². The molecule has 154 valence electrons. The summed E-state index contributed by atoms with van der Waals surface area (Å²) in [5.74, 6) is -1.49. The number of hydrogen-bond acceptors (Lipinski definition) is 8. The number of urea groups is 1. The normalized spacial score (nSPS) is 16.9. The number of hydrogen-bond donors (Lipinski definition) is 2. The van der Waals surface area contributed by atoms with E-state index in [-0.39, 0.29) is 23.7 Å². The van der Waals surface area contributed by atoms with E-state index in [0.717, 1.165) is 4.88 Å². The first-order valence-electron chi connectivity index (χ1n) is 8.59. The number of carbonyl (C=O) groups is 3. The number of ether oxygens (including phenoxy) is 1. The molecule has 3 heterocycles. The van der Waals surface area contributed by atoms with E-state index in [1.807, 2.05) is 17.5 Å². The van der Waals surface area contributed by atoms with Crippen molar-refractivity contribution >= 4 is 45.1 Å². The zero-order chi connectivity index (χ0) is 20.9. The zero-order valence-electron chi connectivity index (χ0n) is 15.2. The molecule has 0 saturated carbocycles. The molecule has 0 radical (unpaired) electrons. The van der Waals surface area contributed by atoms with Gasteiger partial charge in [0, 0.05) is 24.2 Å². The fourth-order valence-corrected chi connectivity index (χ4v) is 4.18. The van der Waals surface area contributed by atoms with Crippen LogP contribution in [0.15, 0.2) is 45.8 Å². The standard InChI is InChI=1S/C17H18N4O6S2/c22-15(19-17(24)18-6-5-13-2-1-8-28-13)11-27-16(23)12-3-4-14-20-29(25,26)9-7-21(14)10-12/h1-4,8,10H,5-7,9,11H2,(H2,18,19,22,24). The molecule has 2 aliphatic rings. The molecule has 1 aromatic rings. The molecule has 0 aromatic carbocycles. The number of nitrogens with zero attached hydrogens (tertiary/aromatic N) is 2. The number of thiophene rings is 1. The van der Waals surface area contributed by atoms with Crippen molar-refractivity contribution in [3.63, 3.8) is 0 Å². The summed E-state index contributed by atoms with van der Waals surface area (Å²) in [6.07, 6.45) is 4.80. The summed E-state index contributed by atoms with van der Waals surface area (Å²) in [5, 5.41) is 6.56. The molecule has 29 heavy (non-hydrogen) atoms.